The summed E-state index contributed by atoms with van der Waals surface area (Å²) in [4.78, 5) is 15.8. The number of halogens is 1. The van der Waals surface area contributed by atoms with E-state index in [0.717, 1.165) is 17.1 Å². The Morgan fingerprint density at radius 2 is 1.68 bits per heavy atom. The third-order valence-corrected chi connectivity index (χ3v) is 3.96. The molecule has 3 rings (SSSR count). The van der Waals surface area contributed by atoms with Crippen molar-refractivity contribution >= 4 is 28.7 Å². The molecular weight excluding hydrogens is 338 g/mol. The van der Waals surface area contributed by atoms with Gasteiger partial charge in [-0.05, 0) is 37.4 Å². The van der Waals surface area contributed by atoms with Gasteiger partial charge in [-0.15, -0.1) is 0 Å². The largest absolute Gasteiger partial charge is 0.493 e. The third kappa shape index (κ3) is 3.44. The summed E-state index contributed by atoms with van der Waals surface area (Å²) in [5.41, 5.74) is 1.86. The summed E-state index contributed by atoms with van der Waals surface area (Å²) < 4.78 is 11.6. The van der Waals surface area contributed by atoms with Crippen LogP contribution in [0.1, 0.15) is 24.2 Å². The van der Waals surface area contributed by atoms with E-state index in [-0.39, 0.29) is 0 Å². The molecule has 1 aromatic heterocycles. The number of rotatable bonds is 6. The predicted molar refractivity (Wildman–Crippen MR) is 99.9 cm³/mol. The minimum Gasteiger partial charge on any atom is -0.493 e. The van der Waals surface area contributed by atoms with Crippen molar-refractivity contribution in [1.29, 1.82) is 0 Å². The van der Waals surface area contributed by atoms with Gasteiger partial charge in [0.15, 0.2) is 0 Å². The molecule has 4 nitrogen and oxygen atoms in total. The van der Waals surface area contributed by atoms with Crippen LogP contribution in [0.3, 0.4) is 0 Å². The van der Waals surface area contributed by atoms with Crippen LogP contribution in [0.4, 0.5) is 0 Å². The van der Waals surface area contributed by atoms with Crippen molar-refractivity contribution in [3.8, 4) is 22.8 Å². The maximum atomic E-state index is 11.3. The van der Waals surface area contributed by atoms with Gasteiger partial charge < -0.3 is 9.47 Å². The molecule has 0 atom stereocenters. The van der Waals surface area contributed by atoms with Crippen LogP contribution in [0, 0.1) is 0 Å². The number of carbonyl (C=O) groups is 1. The van der Waals surface area contributed by atoms with Crippen molar-refractivity contribution in [2.45, 2.75) is 13.8 Å². The van der Waals surface area contributed by atoms with E-state index in [0.29, 0.717) is 46.7 Å². The molecule has 25 heavy (non-hydrogen) atoms. The number of benzene rings is 2. The number of aldehydes is 1. The lowest BCUT2D eigenvalue weighted by atomic mass is 10.0. The molecule has 0 spiro atoms. The van der Waals surface area contributed by atoms with Crippen LogP contribution in [0.5, 0.6) is 11.5 Å². The van der Waals surface area contributed by atoms with Crippen molar-refractivity contribution in [3.63, 3.8) is 0 Å². The van der Waals surface area contributed by atoms with Gasteiger partial charge in [-0.1, -0.05) is 35.9 Å². The monoisotopic (exact) mass is 355 g/mol. The second-order valence-electron chi connectivity index (χ2n) is 5.39. The maximum absolute atomic E-state index is 11.3. The lowest BCUT2D eigenvalue weighted by Crippen LogP contribution is -2.02. The summed E-state index contributed by atoms with van der Waals surface area (Å²) in [5, 5.41) is 2.30. The molecule has 0 amide bonds. The van der Waals surface area contributed by atoms with Gasteiger partial charge >= 0.3 is 0 Å². The number of hydrogen-bond donors (Lipinski definition) is 0. The highest BCUT2D eigenvalue weighted by Gasteiger charge is 2.19. The highest BCUT2D eigenvalue weighted by Crippen LogP contribution is 2.42. The van der Waals surface area contributed by atoms with Gasteiger partial charge in [0.1, 0.15) is 22.9 Å². The summed E-state index contributed by atoms with van der Waals surface area (Å²) in [6.45, 7) is 4.70. The Hall–Kier alpha value is -2.59. The number of hydrogen-bond acceptors (Lipinski definition) is 4. The van der Waals surface area contributed by atoms with E-state index in [4.69, 9.17) is 21.1 Å². The summed E-state index contributed by atoms with van der Waals surface area (Å²) >= 11 is 6.24. The molecule has 3 aromatic rings. The van der Waals surface area contributed by atoms with Crippen LogP contribution in [0.25, 0.3) is 22.0 Å². The maximum Gasteiger partial charge on any atom is 0.150 e. The van der Waals surface area contributed by atoms with Crippen molar-refractivity contribution in [1.82, 2.24) is 4.98 Å². The molecule has 1 heterocycles. The molecule has 0 fully saturated rings. The summed E-state index contributed by atoms with van der Waals surface area (Å²) in [7, 11) is 0. The van der Waals surface area contributed by atoms with Gasteiger partial charge in [0.2, 0.25) is 0 Å². The summed E-state index contributed by atoms with van der Waals surface area (Å²) in [5.74, 6) is 1.10. The van der Waals surface area contributed by atoms with Crippen molar-refractivity contribution in [3.05, 3.63) is 53.2 Å². The molecule has 5 heteroatoms. The molecule has 0 radical (unpaired) electrons. The molecule has 0 unspecified atom stereocenters. The molecule has 0 saturated carbocycles. The highest BCUT2D eigenvalue weighted by atomic mass is 35.5. The fourth-order valence-electron chi connectivity index (χ4n) is 2.81. The quantitative estimate of drug-likeness (QED) is 0.452. The van der Waals surface area contributed by atoms with Crippen LogP contribution in [0.2, 0.25) is 5.15 Å². The van der Waals surface area contributed by atoms with Crippen LogP contribution in [0.15, 0.2) is 42.5 Å². The van der Waals surface area contributed by atoms with Gasteiger partial charge in [-0.2, -0.15) is 0 Å². The highest BCUT2D eigenvalue weighted by molar-refractivity contribution is 6.30. The Kier molecular flexibility index (Phi) is 5.19. The molecule has 0 N–H and O–H groups in total. The van der Waals surface area contributed by atoms with E-state index >= 15 is 0 Å². The zero-order valence-electron chi connectivity index (χ0n) is 14.1. The lowest BCUT2D eigenvalue weighted by molar-refractivity contribution is 0.112. The number of pyridine rings is 1. The second-order valence-corrected chi connectivity index (χ2v) is 5.78. The van der Waals surface area contributed by atoms with Gasteiger partial charge in [-0.25, -0.2) is 4.98 Å². The van der Waals surface area contributed by atoms with Crippen LogP contribution in [-0.2, 0) is 0 Å². The Morgan fingerprint density at radius 3 is 2.28 bits per heavy atom. The van der Waals surface area contributed by atoms with Gasteiger partial charge in [0.25, 0.3) is 0 Å². The average molecular weight is 356 g/mol. The van der Waals surface area contributed by atoms with Gasteiger partial charge in [0.05, 0.1) is 24.5 Å². The van der Waals surface area contributed by atoms with E-state index in [2.05, 4.69) is 4.98 Å². The molecule has 0 aliphatic carbocycles. The summed E-state index contributed by atoms with van der Waals surface area (Å²) in [6, 6.07) is 13.1. The first-order valence-electron chi connectivity index (χ1n) is 8.12. The SMILES string of the molecule is CCOc1cc(C=O)cc(OCC)c1-c1nc(Cl)cc2ccccc12. The van der Waals surface area contributed by atoms with Crippen molar-refractivity contribution in [2.24, 2.45) is 0 Å². The number of ether oxygens (including phenoxy) is 2. The minimum atomic E-state index is 0.387. The molecule has 128 valence electrons. The molecule has 0 saturated heterocycles. The van der Waals surface area contributed by atoms with Gasteiger partial charge in [-0.3, -0.25) is 4.79 Å². The fourth-order valence-corrected chi connectivity index (χ4v) is 3.01. The van der Waals surface area contributed by atoms with Gasteiger partial charge in [0, 0.05) is 10.9 Å². The van der Waals surface area contributed by atoms with Crippen LogP contribution in [-0.4, -0.2) is 24.5 Å². The van der Waals surface area contributed by atoms with E-state index in [9.17, 15) is 4.79 Å². The summed E-state index contributed by atoms with van der Waals surface area (Å²) in [6.07, 6.45) is 0.776. The fraction of sp³-hybridized carbons (Fsp3) is 0.200. The van der Waals surface area contributed by atoms with E-state index in [1.165, 1.54) is 0 Å². The zero-order chi connectivity index (χ0) is 17.8. The molecule has 0 bridgehead atoms. The van der Waals surface area contributed by atoms with Crippen molar-refractivity contribution < 1.29 is 14.3 Å². The van der Waals surface area contributed by atoms with Crippen LogP contribution >= 0.6 is 11.6 Å². The van der Waals surface area contributed by atoms with Crippen molar-refractivity contribution in [2.75, 3.05) is 13.2 Å². The molecule has 0 aliphatic heterocycles. The number of carbonyl (C=O) groups excluding carboxylic acids is 1. The van der Waals surface area contributed by atoms with Crippen LogP contribution < -0.4 is 9.47 Å². The van der Waals surface area contributed by atoms with E-state index in [1.807, 2.05) is 44.2 Å². The number of fused-ring (bicyclic) bond motifs is 1. The topological polar surface area (TPSA) is 48.4 Å². The number of nitrogens with zero attached hydrogens (tertiary/aromatic N) is 1. The number of aromatic nitrogens is 1. The normalized spacial score (nSPS) is 10.7. The van der Waals surface area contributed by atoms with E-state index < -0.39 is 0 Å². The molecular formula is C20H18ClNO3. The zero-order valence-corrected chi connectivity index (χ0v) is 14.8. The Labute approximate surface area is 151 Å². The smallest absolute Gasteiger partial charge is 0.150 e. The Bertz CT molecular complexity index is 897. The lowest BCUT2D eigenvalue weighted by Gasteiger charge is -2.17. The Morgan fingerprint density at radius 1 is 1.04 bits per heavy atom. The minimum absolute atomic E-state index is 0.387. The van der Waals surface area contributed by atoms with E-state index in [1.54, 1.807) is 12.1 Å². The third-order valence-electron chi connectivity index (χ3n) is 3.77. The Balaban J connectivity index is 2.37. The first-order valence-corrected chi connectivity index (χ1v) is 8.50. The molecule has 0 aliphatic rings. The average Bonchev–Trinajstić information content (AvgIpc) is 2.61. The first kappa shape index (κ1) is 17.2. The first-order chi connectivity index (χ1) is 12.2. The standard InChI is InChI=1S/C20H18ClNO3/c1-3-24-16-9-13(12-23)10-17(25-4-2)19(16)20-15-8-6-5-7-14(15)11-18(21)22-20/h5-12H,3-4H2,1-2H3. The second kappa shape index (κ2) is 7.53. The predicted octanol–water partition coefficient (Wildman–Crippen LogP) is 5.17. The molecule has 2 aromatic carbocycles.